The number of ether oxygens (including phenoxy) is 2. The average Bonchev–Trinajstić information content (AvgIpc) is 2.82. The summed E-state index contributed by atoms with van der Waals surface area (Å²) in [6, 6.07) is 9.24. The Morgan fingerprint density at radius 1 is 1.06 bits per heavy atom. The Morgan fingerprint density at radius 2 is 1.75 bits per heavy atom. The van der Waals surface area contributed by atoms with E-state index in [0.717, 1.165) is 37.2 Å². The van der Waals surface area contributed by atoms with Crippen molar-refractivity contribution in [3.63, 3.8) is 0 Å². The lowest BCUT2D eigenvalue weighted by Crippen LogP contribution is -2.32. The lowest BCUT2D eigenvalue weighted by atomic mass is 9.80. The normalized spacial score (nSPS) is 17.4. The molecule has 0 saturated heterocycles. The summed E-state index contributed by atoms with van der Waals surface area (Å²) in [6.07, 6.45) is 12.3. The first-order valence-electron chi connectivity index (χ1n) is 12.9. The molecule has 0 amide bonds. The van der Waals surface area contributed by atoms with E-state index >= 15 is 0 Å². The highest BCUT2D eigenvalue weighted by molar-refractivity contribution is 8.22. The molecule has 1 unspecified atom stereocenters. The van der Waals surface area contributed by atoms with Crippen molar-refractivity contribution in [1.29, 1.82) is 0 Å². The van der Waals surface area contributed by atoms with Crippen molar-refractivity contribution >= 4 is 35.5 Å². The number of hydrogen-bond acceptors (Lipinski definition) is 6. The van der Waals surface area contributed by atoms with Crippen LogP contribution in [0.5, 0.6) is 5.75 Å². The van der Waals surface area contributed by atoms with Crippen LogP contribution in [-0.2, 0) is 14.3 Å². The lowest BCUT2D eigenvalue weighted by Gasteiger charge is -2.32. The number of esters is 2. The van der Waals surface area contributed by atoms with Crippen LogP contribution >= 0.6 is 23.5 Å². The average molecular weight is 531 g/mol. The van der Waals surface area contributed by atoms with Crippen LogP contribution in [0.1, 0.15) is 73.6 Å². The Kier molecular flexibility index (Phi) is 12.4. The highest BCUT2D eigenvalue weighted by Gasteiger charge is 2.32. The number of allylic oxidation sites excluding steroid dienone is 3. The van der Waals surface area contributed by atoms with Crippen molar-refractivity contribution in [2.75, 3.05) is 11.5 Å². The maximum Gasteiger partial charge on any atom is 0.316 e. The minimum Gasteiger partial charge on any atom is -0.457 e. The van der Waals surface area contributed by atoms with E-state index < -0.39 is 5.41 Å². The van der Waals surface area contributed by atoms with Crippen LogP contribution < -0.4 is 4.74 Å². The molecule has 0 spiro atoms. The largest absolute Gasteiger partial charge is 0.457 e. The molecule has 0 N–H and O–H groups in total. The molecule has 2 rings (SSSR count). The van der Waals surface area contributed by atoms with Gasteiger partial charge in [-0.25, -0.2) is 0 Å². The van der Waals surface area contributed by atoms with Gasteiger partial charge in [-0.15, -0.1) is 23.5 Å². The van der Waals surface area contributed by atoms with E-state index in [1.807, 2.05) is 68.6 Å². The van der Waals surface area contributed by atoms with E-state index in [2.05, 4.69) is 39.0 Å². The van der Waals surface area contributed by atoms with Crippen molar-refractivity contribution in [3.05, 3.63) is 64.4 Å². The Morgan fingerprint density at radius 3 is 2.39 bits per heavy atom. The van der Waals surface area contributed by atoms with Gasteiger partial charge in [0.2, 0.25) is 0 Å². The van der Waals surface area contributed by atoms with Crippen LogP contribution in [0.25, 0.3) is 0 Å². The van der Waals surface area contributed by atoms with Gasteiger partial charge < -0.3 is 9.47 Å². The van der Waals surface area contributed by atoms with Crippen molar-refractivity contribution in [2.24, 2.45) is 10.8 Å². The highest BCUT2D eigenvalue weighted by atomic mass is 32.2. The molecule has 198 valence electrons. The Hall–Kier alpha value is -1.92. The van der Waals surface area contributed by atoms with Gasteiger partial charge in [-0.2, -0.15) is 0 Å². The molecule has 0 heterocycles. The fraction of sp³-hybridized carbons (Fsp3) is 0.533. The van der Waals surface area contributed by atoms with Gasteiger partial charge in [0.1, 0.15) is 11.9 Å². The lowest BCUT2D eigenvalue weighted by molar-refractivity contribution is -0.150. The predicted molar refractivity (Wildman–Crippen MR) is 154 cm³/mol. The molecule has 0 aliphatic heterocycles. The van der Waals surface area contributed by atoms with Gasteiger partial charge >= 0.3 is 11.9 Å². The summed E-state index contributed by atoms with van der Waals surface area (Å²) in [5, 5.41) is 0. The van der Waals surface area contributed by atoms with Gasteiger partial charge in [-0.3, -0.25) is 9.59 Å². The molecule has 0 bridgehead atoms. The van der Waals surface area contributed by atoms with E-state index in [1.54, 1.807) is 12.1 Å². The summed E-state index contributed by atoms with van der Waals surface area (Å²) in [5.41, 5.74) is 0.422. The first kappa shape index (κ1) is 30.3. The van der Waals surface area contributed by atoms with Crippen molar-refractivity contribution in [3.8, 4) is 5.75 Å². The number of hydrogen-bond donors (Lipinski definition) is 0. The molecule has 0 saturated carbocycles. The second-order valence-corrected chi connectivity index (χ2v) is 12.9. The summed E-state index contributed by atoms with van der Waals surface area (Å²) in [6.45, 7) is 12.3. The summed E-state index contributed by atoms with van der Waals surface area (Å²) < 4.78 is 12.5. The third-order valence-electron chi connectivity index (χ3n) is 5.92. The van der Waals surface area contributed by atoms with Crippen LogP contribution in [0.4, 0.5) is 0 Å². The number of rotatable bonds is 14. The van der Waals surface area contributed by atoms with Gasteiger partial charge in [0.25, 0.3) is 0 Å². The number of para-hydroxylation sites is 1. The molecular formula is C30H42O4S2. The van der Waals surface area contributed by atoms with Crippen LogP contribution in [0, 0.1) is 10.8 Å². The third-order valence-corrected chi connectivity index (χ3v) is 8.55. The van der Waals surface area contributed by atoms with Gasteiger partial charge in [-0.1, -0.05) is 64.1 Å². The molecule has 0 aromatic heterocycles. The molecule has 1 aromatic rings. The SMILES string of the molecule is CCCSC(=CCC1=CC(C)(C)C(OC(=O)CCC)C=C1)SCCC(C)(C)C(=O)Oc1ccccc1. The summed E-state index contributed by atoms with van der Waals surface area (Å²) >= 11 is 3.68. The fourth-order valence-corrected chi connectivity index (χ4v) is 6.05. The molecule has 1 aliphatic rings. The number of carbonyl (C=O) groups excluding carboxylic acids is 2. The number of carbonyl (C=O) groups is 2. The molecule has 1 aliphatic carbocycles. The molecule has 0 radical (unpaired) electrons. The van der Waals surface area contributed by atoms with Crippen LogP contribution in [0.2, 0.25) is 0 Å². The van der Waals surface area contributed by atoms with Crippen molar-refractivity contribution in [2.45, 2.75) is 79.8 Å². The van der Waals surface area contributed by atoms with E-state index in [-0.39, 0.29) is 23.5 Å². The van der Waals surface area contributed by atoms with Crippen LogP contribution in [0.3, 0.4) is 0 Å². The maximum atomic E-state index is 12.7. The molecule has 36 heavy (non-hydrogen) atoms. The monoisotopic (exact) mass is 530 g/mol. The second-order valence-electron chi connectivity index (χ2n) is 10.3. The minimum atomic E-state index is -0.563. The van der Waals surface area contributed by atoms with E-state index in [0.29, 0.717) is 12.2 Å². The van der Waals surface area contributed by atoms with Crippen molar-refractivity contribution < 1.29 is 19.1 Å². The predicted octanol–water partition coefficient (Wildman–Crippen LogP) is 8.35. The molecule has 0 fully saturated rings. The van der Waals surface area contributed by atoms with Crippen LogP contribution in [0.15, 0.2) is 64.4 Å². The Bertz CT molecular complexity index is 945. The molecule has 4 nitrogen and oxygen atoms in total. The van der Waals surface area contributed by atoms with Gasteiger partial charge in [0.05, 0.1) is 5.41 Å². The molecule has 1 atom stereocenters. The smallest absolute Gasteiger partial charge is 0.316 e. The summed E-state index contributed by atoms with van der Waals surface area (Å²) in [5.74, 6) is 2.15. The Balaban J connectivity index is 1.94. The number of thioether (sulfide) groups is 2. The fourth-order valence-electron chi connectivity index (χ4n) is 3.60. The zero-order chi connectivity index (χ0) is 26.6. The standard InChI is InChI=1S/C30H42O4S2/c1-7-12-26(31)34-25-17-15-23(22-30(25,5)6)16-18-27(35-20-8-2)36-21-19-29(3,4)28(32)33-24-13-10-9-11-14-24/h9-11,13-15,17-18,22,25H,7-8,12,16,19-21H2,1-6H3. The van der Waals surface area contributed by atoms with Gasteiger partial charge in [0, 0.05) is 16.1 Å². The molecular weight excluding hydrogens is 488 g/mol. The first-order valence-corrected chi connectivity index (χ1v) is 14.9. The highest BCUT2D eigenvalue weighted by Crippen LogP contribution is 2.36. The zero-order valence-electron chi connectivity index (χ0n) is 22.7. The zero-order valence-corrected chi connectivity index (χ0v) is 24.3. The van der Waals surface area contributed by atoms with E-state index in [1.165, 1.54) is 9.81 Å². The molecule has 1 aromatic carbocycles. The van der Waals surface area contributed by atoms with E-state index in [4.69, 9.17) is 9.47 Å². The summed E-state index contributed by atoms with van der Waals surface area (Å²) in [4.78, 5) is 24.7. The quantitative estimate of drug-likeness (QED) is 0.178. The maximum absolute atomic E-state index is 12.7. The van der Waals surface area contributed by atoms with Gasteiger partial charge in [0.15, 0.2) is 0 Å². The second kappa shape index (κ2) is 14.7. The third kappa shape index (κ3) is 10.2. The summed E-state index contributed by atoms with van der Waals surface area (Å²) in [7, 11) is 0. The molecule has 6 heteroatoms. The van der Waals surface area contributed by atoms with Crippen molar-refractivity contribution in [1.82, 2.24) is 0 Å². The first-order chi connectivity index (χ1) is 17.1. The number of benzene rings is 1. The van der Waals surface area contributed by atoms with Gasteiger partial charge in [-0.05, 0) is 74.8 Å². The van der Waals surface area contributed by atoms with Crippen LogP contribution in [-0.4, -0.2) is 29.5 Å². The Labute approximate surface area is 226 Å². The topological polar surface area (TPSA) is 52.6 Å². The minimum absolute atomic E-state index is 0.137. The van der Waals surface area contributed by atoms with E-state index in [9.17, 15) is 9.59 Å².